The molecule has 0 fully saturated rings. The van der Waals surface area contributed by atoms with Gasteiger partial charge in [-0.05, 0) is 42.3 Å². The van der Waals surface area contributed by atoms with E-state index in [1.807, 2.05) is 32.3 Å². The fourth-order valence-corrected chi connectivity index (χ4v) is 2.41. The summed E-state index contributed by atoms with van der Waals surface area (Å²) in [6, 6.07) is 16.5. The SMILES string of the molecule is CCNC(=NCc1cccc(N(C)C)c1)NCc1cccc(OC)c1. The minimum Gasteiger partial charge on any atom is -0.497 e. The minimum absolute atomic E-state index is 0.634. The Morgan fingerprint density at radius 2 is 1.80 bits per heavy atom. The summed E-state index contributed by atoms with van der Waals surface area (Å²) in [5, 5.41) is 6.66. The number of rotatable bonds is 7. The first-order valence-electron chi connectivity index (χ1n) is 8.53. The first-order chi connectivity index (χ1) is 12.1. The number of hydrogen-bond donors (Lipinski definition) is 2. The van der Waals surface area contributed by atoms with Crippen LogP contribution in [0.15, 0.2) is 53.5 Å². The number of aliphatic imine (C=N–C) groups is 1. The second-order valence-electron chi connectivity index (χ2n) is 5.96. The summed E-state index contributed by atoms with van der Waals surface area (Å²) >= 11 is 0. The highest BCUT2D eigenvalue weighted by molar-refractivity contribution is 5.79. The molecule has 2 aromatic carbocycles. The van der Waals surface area contributed by atoms with Gasteiger partial charge in [-0.1, -0.05) is 24.3 Å². The van der Waals surface area contributed by atoms with Gasteiger partial charge in [0.25, 0.3) is 0 Å². The van der Waals surface area contributed by atoms with Crippen molar-refractivity contribution in [2.45, 2.75) is 20.0 Å². The highest BCUT2D eigenvalue weighted by Gasteiger charge is 2.01. The molecule has 0 unspecified atom stereocenters. The summed E-state index contributed by atoms with van der Waals surface area (Å²) < 4.78 is 5.27. The number of nitrogens with one attached hydrogen (secondary N) is 2. The lowest BCUT2D eigenvalue weighted by Gasteiger charge is -2.14. The summed E-state index contributed by atoms with van der Waals surface area (Å²) in [6.07, 6.45) is 0. The molecule has 0 spiro atoms. The second-order valence-corrected chi connectivity index (χ2v) is 5.96. The summed E-state index contributed by atoms with van der Waals surface area (Å²) in [7, 11) is 5.77. The molecule has 0 saturated carbocycles. The molecule has 0 aliphatic rings. The van der Waals surface area contributed by atoms with Gasteiger partial charge in [0.2, 0.25) is 0 Å². The Balaban J connectivity index is 2.01. The maximum absolute atomic E-state index is 5.27. The van der Waals surface area contributed by atoms with E-state index in [1.54, 1.807) is 7.11 Å². The molecule has 0 radical (unpaired) electrons. The Morgan fingerprint density at radius 1 is 1.04 bits per heavy atom. The molecule has 134 valence electrons. The molecule has 0 heterocycles. The molecular formula is C20H28N4O. The third kappa shape index (κ3) is 6.03. The molecule has 2 aromatic rings. The number of methoxy groups -OCH3 is 1. The molecule has 5 nitrogen and oxygen atoms in total. The topological polar surface area (TPSA) is 48.9 Å². The van der Waals surface area contributed by atoms with Crippen LogP contribution in [0.5, 0.6) is 5.75 Å². The minimum atomic E-state index is 0.634. The van der Waals surface area contributed by atoms with Crippen molar-refractivity contribution in [3.8, 4) is 5.75 Å². The molecule has 2 N–H and O–H groups in total. The van der Waals surface area contributed by atoms with Gasteiger partial charge >= 0.3 is 0 Å². The predicted molar refractivity (Wildman–Crippen MR) is 105 cm³/mol. The fourth-order valence-electron chi connectivity index (χ4n) is 2.41. The van der Waals surface area contributed by atoms with E-state index in [0.29, 0.717) is 13.1 Å². The van der Waals surface area contributed by atoms with E-state index in [1.165, 1.54) is 11.3 Å². The van der Waals surface area contributed by atoms with Gasteiger partial charge in [-0.3, -0.25) is 0 Å². The van der Waals surface area contributed by atoms with Gasteiger partial charge in [0, 0.05) is 32.9 Å². The van der Waals surface area contributed by atoms with Crippen molar-refractivity contribution in [2.24, 2.45) is 4.99 Å². The van der Waals surface area contributed by atoms with E-state index < -0.39 is 0 Å². The number of nitrogens with zero attached hydrogens (tertiary/aromatic N) is 2. The van der Waals surface area contributed by atoms with Crippen LogP contribution in [0, 0.1) is 0 Å². The predicted octanol–water partition coefficient (Wildman–Crippen LogP) is 3.02. The molecule has 25 heavy (non-hydrogen) atoms. The number of guanidine groups is 1. The second kappa shape index (κ2) is 9.57. The van der Waals surface area contributed by atoms with E-state index in [-0.39, 0.29) is 0 Å². The Hall–Kier alpha value is -2.69. The monoisotopic (exact) mass is 340 g/mol. The fraction of sp³-hybridized carbons (Fsp3) is 0.350. The van der Waals surface area contributed by atoms with Crippen molar-refractivity contribution in [3.63, 3.8) is 0 Å². The van der Waals surface area contributed by atoms with Crippen LogP contribution in [0.1, 0.15) is 18.1 Å². The smallest absolute Gasteiger partial charge is 0.191 e. The molecule has 0 saturated heterocycles. The molecular weight excluding hydrogens is 312 g/mol. The summed E-state index contributed by atoms with van der Waals surface area (Å²) in [6.45, 7) is 4.22. The van der Waals surface area contributed by atoms with Crippen LogP contribution in [-0.4, -0.2) is 33.7 Å². The lowest BCUT2D eigenvalue weighted by Crippen LogP contribution is -2.36. The Bertz CT molecular complexity index is 698. The zero-order valence-electron chi connectivity index (χ0n) is 15.5. The van der Waals surface area contributed by atoms with Crippen molar-refractivity contribution in [1.82, 2.24) is 10.6 Å². The van der Waals surface area contributed by atoms with Gasteiger partial charge in [0.15, 0.2) is 5.96 Å². The third-order valence-electron chi connectivity index (χ3n) is 3.79. The lowest BCUT2D eigenvalue weighted by atomic mass is 10.2. The van der Waals surface area contributed by atoms with Crippen LogP contribution in [0.25, 0.3) is 0 Å². The van der Waals surface area contributed by atoms with Crippen LogP contribution < -0.4 is 20.3 Å². The summed E-state index contributed by atoms with van der Waals surface area (Å²) in [5.74, 6) is 1.67. The highest BCUT2D eigenvalue weighted by Crippen LogP contribution is 2.14. The van der Waals surface area contributed by atoms with Crippen LogP contribution in [0.4, 0.5) is 5.69 Å². The largest absolute Gasteiger partial charge is 0.497 e. The molecule has 0 atom stereocenters. The number of benzene rings is 2. The molecule has 0 aromatic heterocycles. The van der Waals surface area contributed by atoms with Gasteiger partial charge in [0.05, 0.1) is 13.7 Å². The van der Waals surface area contributed by atoms with Crippen LogP contribution in [0.2, 0.25) is 0 Å². The normalized spacial score (nSPS) is 11.1. The molecule has 0 aliphatic heterocycles. The quantitative estimate of drug-likeness (QED) is 0.601. The van der Waals surface area contributed by atoms with Gasteiger partial charge < -0.3 is 20.3 Å². The molecule has 5 heteroatoms. The van der Waals surface area contributed by atoms with Crippen molar-refractivity contribution in [3.05, 3.63) is 59.7 Å². The number of ether oxygens (including phenoxy) is 1. The van der Waals surface area contributed by atoms with Crippen molar-refractivity contribution >= 4 is 11.6 Å². The van der Waals surface area contributed by atoms with E-state index >= 15 is 0 Å². The van der Waals surface area contributed by atoms with Crippen LogP contribution in [0.3, 0.4) is 0 Å². The average Bonchev–Trinajstić information content (AvgIpc) is 2.64. The van der Waals surface area contributed by atoms with E-state index in [0.717, 1.165) is 23.8 Å². The van der Waals surface area contributed by atoms with Crippen molar-refractivity contribution in [2.75, 3.05) is 32.6 Å². The maximum atomic E-state index is 5.27. The van der Waals surface area contributed by atoms with Gasteiger partial charge in [-0.15, -0.1) is 0 Å². The molecule has 0 aliphatic carbocycles. The Morgan fingerprint density at radius 3 is 2.52 bits per heavy atom. The maximum Gasteiger partial charge on any atom is 0.191 e. The van der Waals surface area contributed by atoms with Crippen molar-refractivity contribution in [1.29, 1.82) is 0 Å². The third-order valence-corrected chi connectivity index (χ3v) is 3.79. The summed E-state index contributed by atoms with van der Waals surface area (Å²) in [4.78, 5) is 6.78. The highest BCUT2D eigenvalue weighted by atomic mass is 16.5. The average molecular weight is 340 g/mol. The van der Waals surface area contributed by atoms with Crippen LogP contribution in [-0.2, 0) is 13.1 Å². The van der Waals surface area contributed by atoms with E-state index in [4.69, 9.17) is 4.74 Å². The molecule has 2 rings (SSSR count). The first kappa shape index (κ1) is 18.6. The molecule has 0 amide bonds. The zero-order valence-corrected chi connectivity index (χ0v) is 15.5. The number of anilines is 1. The standard InChI is InChI=1S/C20H28N4O/c1-5-21-20(23-15-17-9-7-11-19(13-17)25-4)22-14-16-8-6-10-18(12-16)24(2)3/h6-13H,5,14-15H2,1-4H3,(H2,21,22,23). The first-order valence-corrected chi connectivity index (χ1v) is 8.53. The van der Waals surface area contributed by atoms with Gasteiger partial charge in [0.1, 0.15) is 5.75 Å². The van der Waals surface area contributed by atoms with Crippen molar-refractivity contribution < 1.29 is 4.74 Å². The van der Waals surface area contributed by atoms with Gasteiger partial charge in [-0.2, -0.15) is 0 Å². The summed E-state index contributed by atoms with van der Waals surface area (Å²) in [5.41, 5.74) is 3.52. The lowest BCUT2D eigenvalue weighted by molar-refractivity contribution is 0.414. The number of hydrogen-bond acceptors (Lipinski definition) is 3. The Kier molecular flexibility index (Phi) is 7.14. The van der Waals surface area contributed by atoms with E-state index in [2.05, 4.69) is 57.8 Å². The van der Waals surface area contributed by atoms with E-state index in [9.17, 15) is 0 Å². The zero-order chi connectivity index (χ0) is 18.1. The Labute approximate surface area is 150 Å². The van der Waals surface area contributed by atoms with Crippen LogP contribution >= 0.6 is 0 Å². The molecule has 0 bridgehead atoms. The van der Waals surface area contributed by atoms with Gasteiger partial charge in [-0.25, -0.2) is 4.99 Å².